The van der Waals surface area contributed by atoms with E-state index in [1.54, 1.807) is 0 Å². The molecule has 1 atom stereocenters. The molecule has 0 radical (unpaired) electrons. The Bertz CT molecular complexity index is 757. The van der Waals surface area contributed by atoms with Crippen LogP contribution in [0.2, 0.25) is 0 Å². The molecular weight excluding hydrogens is 358 g/mol. The van der Waals surface area contributed by atoms with E-state index in [1.807, 2.05) is 45.9 Å². The average Bonchev–Trinajstić information content (AvgIpc) is 2.43. The first kappa shape index (κ1) is 22.1. The first-order valence-corrected chi connectivity index (χ1v) is 9.99. The number of amides is 1. The zero-order valence-corrected chi connectivity index (χ0v) is 16.4. The van der Waals surface area contributed by atoms with Gasteiger partial charge in [0.25, 0.3) is 10.1 Å². The highest BCUT2D eigenvalue weighted by Gasteiger charge is 2.48. The molecule has 3 N–H and O–H groups in total. The predicted octanol–water partition coefficient (Wildman–Crippen LogP) is 2.33. The molecule has 146 valence electrons. The number of carboxylic acid groups (broad SMARTS) is 1. The van der Waals surface area contributed by atoms with Crippen molar-refractivity contribution < 1.29 is 27.7 Å². The summed E-state index contributed by atoms with van der Waals surface area (Å²) in [5.41, 5.74) is 0.755. The van der Waals surface area contributed by atoms with E-state index in [0.717, 1.165) is 16.7 Å². The molecule has 0 fully saturated rings. The van der Waals surface area contributed by atoms with Crippen molar-refractivity contribution in [1.82, 2.24) is 5.32 Å². The van der Waals surface area contributed by atoms with E-state index in [0.29, 0.717) is 0 Å². The van der Waals surface area contributed by atoms with Crippen molar-refractivity contribution >= 4 is 22.0 Å². The van der Waals surface area contributed by atoms with Gasteiger partial charge in [-0.05, 0) is 43.8 Å². The van der Waals surface area contributed by atoms with Gasteiger partial charge in [0.2, 0.25) is 5.91 Å². The summed E-state index contributed by atoms with van der Waals surface area (Å²) in [5.74, 6) is -2.50. The van der Waals surface area contributed by atoms with Crippen molar-refractivity contribution in [1.29, 1.82) is 0 Å². The number of allylic oxidation sites excluding steroid dienone is 6. The van der Waals surface area contributed by atoms with Crippen LogP contribution in [-0.2, 0) is 19.7 Å². The molecule has 7 nitrogen and oxygen atoms in total. The van der Waals surface area contributed by atoms with Crippen molar-refractivity contribution in [3.05, 3.63) is 34.9 Å². The van der Waals surface area contributed by atoms with E-state index >= 15 is 0 Å². The number of nitrogens with one attached hydrogen (secondary N) is 1. The van der Waals surface area contributed by atoms with E-state index in [2.05, 4.69) is 5.32 Å². The van der Waals surface area contributed by atoms with Crippen molar-refractivity contribution in [3.63, 3.8) is 0 Å². The van der Waals surface area contributed by atoms with E-state index in [9.17, 15) is 23.1 Å². The summed E-state index contributed by atoms with van der Waals surface area (Å²) in [6, 6.07) is 0. The highest BCUT2D eigenvalue weighted by atomic mass is 32.2. The van der Waals surface area contributed by atoms with Crippen LogP contribution in [0.1, 0.15) is 40.5 Å². The van der Waals surface area contributed by atoms with Gasteiger partial charge >= 0.3 is 5.97 Å². The fourth-order valence-corrected chi connectivity index (χ4v) is 3.33. The Morgan fingerprint density at radius 1 is 1.31 bits per heavy atom. The van der Waals surface area contributed by atoms with Crippen LogP contribution in [0.3, 0.4) is 0 Å². The lowest BCUT2D eigenvalue weighted by molar-refractivity contribution is -0.156. The maximum atomic E-state index is 12.7. The van der Waals surface area contributed by atoms with Crippen molar-refractivity contribution in [2.24, 2.45) is 11.3 Å². The average molecular weight is 385 g/mol. The summed E-state index contributed by atoms with van der Waals surface area (Å²) in [7, 11) is -4.24. The van der Waals surface area contributed by atoms with Gasteiger partial charge in [-0.1, -0.05) is 37.6 Å². The zero-order chi connectivity index (χ0) is 20.1. The standard InChI is InChI=1S/C18H27NO6S/c1-12(2)7-14-9-15(8-13(3)4)11-18(10-14,17(21)22)16(20)19-5-6-26(23,24)25/h7-9,12H,5-6,10-11H2,1-4H3,(H,19,20)(H,21,22)(H,23,24,25)/b14-7-. The third-order valence-electron chi connectivity index (χ3n) is 3.89. The zero-order valence-electron chi connectivity index (χ0n) is 15.6. The molecule has 0 aliphatic heterocycles. The van der Waals surface area contributed by atoms with Crippen LogP contribution < -0.4 is 5.32 Å². The van der Waals surface area contributed by atoms with Crippen LogP contribution >= 0.6 is 0 Å². The largest absolute Gasteiger partial charge is 0.480 e. The second-order valence-electron chi connectivity index (χ2n) is 7.21. The van der Waals surface area contributed by atoms with Gasteiger partial charge in [0.05, 0.1) is 5.75 Å². The minimum atomic E-state index is -4.24. The topological polar surface area (TPSA) is 121 Å². The van der Waals surface area contributed by atoms with Crippen LogP contribution in [0.4, 0.5) is 0 Å². The van der Waals surface area contributed by atoms with E-state index in [-0.39, 0.29) is 25.3 Å². The molecule has 0 saturated carbocycles. The number of carbonyl (C=O) groups is 2. The molecule has 1 aliphatic carbocycles. The van der Waals surface area contributed by atoms with Gasteiger partial charge in [0, 0.05) is 6.54 Å². The molecule has 0 aromatic heterocycles. The van der Waals surface area contributed by atoms with Crippen molar-refractivity contribution in [2.45, 2.75) is 40.5 Å². The van der Waals surface area contributed by atoms with Crippen molar-refractivity contribution in [3.8, 4) is 0 Å². The molecule has 0 aromatic rings. The van der Waals surface area contributed by atoms with Crippen LogP contribution in [-0.4, -0.2) is 42.3 Å². The Balaban J connectivity index is 3.22. The minimum absolute atomic E-state index is 0.0145. The normalized spacial score (nSPS) is 22.1. The Labute approximate surface area is 154 Å². The molecule has 0 bridgehead atoms. The van der Waals surface area contributed by atoms with Crippen LogP contribution in [0, 0.1) is 11.3 Å². The molecule has 1 rings (SSSR count). The summed E-state index contributed by atoms with van der Waals surface area (Å²) >= 11 is 0. The smallest absolute Gasteiger partial charge is 0.319 e. The lowest BCUT2D eigenvalue weighted by Gasteiger charge is -2.33. The quantitative estimate of drug-likeness (QED) is 0.457. The predicted molar refractivity (Wildman–Crippen MR) is 99.2 cm³/mol. The molecular formula is C18H27NO6S. The van der Waals surface area contributed by atoms with Gasteiger partial charge in [0.15, 0.2) is 5.41 Å². The number of hydrogen-bond acceptors (Lipinski definition) is 4. The third-order valence-corrected chi connectivity index (χ3v) is 4.61. The summed E-state index contributed by atoms with van der Waals surface area (Å²) in [5, 5.41) is 12.2. The molecule has 0 saturated heterocycles. The molecule has 0 aromatic carbocycles. The van der Waals surface area contributed by atoms with Crippen molar-refractivity contribution in [2.75, 3.05) is 12.3 Å². The molecule has 1 unspecified atom stereocenters. The summed E-state index contributed by atoms with van der Waals surface area (Å²) in [6.07, 6.45) is 5.70. The van der Waals surface area contributed by atoms with Gasteiger partial charge in [-0.2, -0.15) is 8.42 Å². The molecule has 1 amide bonds. The van der Waals surface area contributed by atoms with Crippen LogP contribution in [0.15, 0.2) is 34.9 Å². The number of aliphatic carboxylic acids is 1. The minimum Gasteiger partial charge on any atom is -0.480 e. The van der Waals surface area contributed by atoms with Crippen LogP contribution in [0.5, 0.6) is 0 Å². The Morgan fingerprint density at radius 2 is 1.92 bits per heavy atom. The first-order chi connectivity index (χ1) is 11.9. The van der Waals surface area contributed by atoms with E-state index in [4.69, 9.17) is 4.55 Å². The number of carboxylic acids is 1. The SMILES string of the molecule is CC(C)=CC1=C/C(=C/C(C)C)CC(C(=O)O)(C(=O)NCCS(=O)(=O)O)C1. The Morgan fingerprint density at radius 3 is 2.38 bits per heavy atom. The molecule has 1 aliphatic rings. The summed E-state index contributed by atoms with van der Waals surface area (Å²) in [4.78, 5) is 24.7. The number of rotatable bonds is 7. The second-order valence-corrected chi connectivity index (χ2v) is 8.78. The van der Waals surface area contributed by atoms with E-state index < -0.39 is 33.2 Å². The molecule has 26 heavy (non-hydrogen) atoms. The fourth-order valence-electron chi connectivity index (χ4n) is 2.97. The highest BCUT2D eigenvalue weighted by molar-refractivity contribution is 7.85. The third kappa shape index (κ3) is 6.42. The summed E-state index contributed by atoms with van der Waals surface area (Å²) < 4.78 is 30.4. The fraction of sp³-hybridized carbons (Fsp3) is 0.556. The lowest BCUT2D eigenvalue weighted by Crippen LogP contribution is -2.49. The van der Waals surface area contributed by atoms with Gasteiger partial charge in [-0.3, -0.25) is 14.1 Å². The van der Waals surface area contributed by atoms with Crippen LogP contribution in [0.25, 0.3) is 0 Å². The highest BCUT2D eigenvalue weighted by Crippen LogP contribution is 2.40. The first-order valence-electron chi connectivity index (χ1n) is 8.39. The summed E-state index contributed by atoms with van der Waals surface area (Å²) in [6.45, 7) is 7.35. The number of carbonyl (C=O) groups excluding carboxylic acids is 1. The second kappa shape index (κ2) is 8.64. The molecule has 8 heteroatoms. The van der Waals surface area contributed by atoms with Gasteiger partial charge in [0.1, 0.15) is 0 Å². The van der Waals surface area contributed by atoms with Gasteiger partial charge in [-0.15, -0.1) is 0 Å². The maximum Gasteiger partial charge on any atom is 0.319 e. The Kier molecular flexibility index (Phi) is 7.35. The number of hydrogen-bond donors (Lipinski definition) is 3. The van der Waals surface area contributed by atoms with Gasteiger partial charge < -0.3 is 10.4 Å². The maximum absolute atomic E-state index is 12.7. The monoisotopic (exact) mass is 385 g/mol. The molecule has 0 spiro atoms. The Hall–Kier alpha value is -1.93. The van der Waals surface area contributed by atoms with Gasteiger partial charge in [-0.25, -0.2) is 0 Å². The lowest BCUT2D eigenvalue weighted by atomic mass is 9.70. The molecule has 0 heterocycles. The van der Waals surface area contributed by atoms with E-state index in [1.165, 1.54) is 0 Å².